The maximum atomic E-state index is 7.41. The second kappa shape index (κ2) is 4.72. The number of hydrogen-bond acceptors (Lipinski definition) is 3. The van der Waals surface area contributed by atoms with Crippen molar-refractivity contribution in [3.8, 4) is 0 Å². The molecule has 1 fully saturated rings. The van der Waals surface area contributed by atoms with E-state index in [4.69, 9.17) is 14.7 Å². The van der Waals surface area contributed by atoms with E-state index >= 15 is 0 Å². The van der Waals surface area contributed by atoms with Crippen LogP contribution in [0.3, 0.4) is 0 Å². The standard InChI is InChI=1S/C12H22BNO2/c1-6-7-8-10(9-14)13-15-11(2,3)12(4,5)16-13/h8-9,14H,6-7H2,1-5H3/b10-8+,14-9?. The lowest BCUT2D eigenvalue weighted by molar-refractivity contribution is 0.00578. The Balaban J connectivity index is 2.81. The SMILES string of the molecule is CCC/C=C(\C=N)B1OC(C)(C)C(C)(C)O1. The number of nitrogens with one attached hydrogen (secondary N) is 1. The van der Waals surface area contributed by atoms with Crippen molar-refractivity contribution in [2.45, 2.75) is 58.7 Å². The summed E-state index contributed by atoms with van der Waals surface area (Å²) < 4.78 is 11.7. The zero-order valence-electron chi connectivity index (χ0n) is 11.0. The van der Waals surface area contributed by atoms with Crippen molar-refractivity contribution in [3.63, 3.8) is 0 Å². The maximum Gasteiger partial charge on any atom is 0.496 e. The molecule has 0 saturated carbocycles. The van der Waals surface area contributed by atoms with Crippen LogP contribution in [-0.2, 0) is 9.31 Å². The van der Waals surface area contributed by atoms with Gasteiger partial charge in [-0.15, -0.1) is 0 Å². The zero-order valence-corrected chi connectivity index (χ0v) is 11.0. The topological polar surface area (TPSA) is 42.3 Å². The average Bonchev–Trinajstić information content (AvgIpc) is 2.37. The molecule has 0 radical (unpaired) electrons. The van der Waals surface area contributed by atoms with Crippen LogP contribution in [0.5, 0.6) is 0 Å². The van der Waals surface area contributed by atoms with Gasteiger partial charge in [-0.25, -0.2) is 0 Å². The van der Waals surface area contributed by atoms with Crippen LogP contribution in [0, 0.1) is 5.41 Å². The van der Waals surface area contributed by atoms with Gasteiger partial charge in [0.25, 0.3) is 0 Å². The Labute approximate surface area is 98.9 Å². The minimum absolute atomic E-state index is 0.327. The molecule has 16 heavy (non-hydrogen) atoms. The monoisotopic (exact) mass is 223 g/mol. The van der Waals surface area contributed by atoms with E-state index < -0.39 is 7.12 Å². The molecule has 1 rings (SSSR count). The molecule has 0 aromatic heterocycles. The summed E-state index contributed by atoms with van der Waals surface area (Å²) in [5, 5.41) is 7.41. The van der Waals surface area contributed by atoms with Crippen LogP contribution in [0.15, 0.2) is 11.5 Å². The van der Waals surface area contributed by atoms with E-state index in [0.29, 0.717) is 0 Å². The van der Waals surface area contributed by atoms with E-state index in [2.05, 4.69) is 6.92 Å². The molecule has 0 unspecified atom stereocenters. The van der Waals surface area contributed by atoms with E-state index in [1.54, 1.807) is 0 Å². The fraction of sp³-hybridized carbons (Fsp3) is 0.750. The molecule has 0 atom stereocenters. The van der Waals surface area contributed by atoms with Gasteiger partial charge in [-0.1, -0.05) is 19.4 Å². The Morgan fingerprint density at radius 2 is 1.69 bits per heavy atom. The van der Waals surface area contributed by atoms with E-state index in [9.17, 15) is 0 Å². The van der Waals surface area contributed by atoms with Crippen LogP contribution in [-0.4, -0.2) is 24.5 Å². The highest BCUT2D eigenvalue weighted by Crippen LogP contribution is 2.38. The molecule has 4 heteroatoms. The zero-order chi connectivity index (χ0) is 12.4. The Morgan fingerprint density at radius 3 is 2.06 bits per heavy atom. The number of allylic oxidation sites excluding steroid dienone is 2. The second-order valence-electron chi connectivity index (χ2n) is 5.23. The summed E-state index contributed by atoms with van der Waals surface area (Å²) in [5.41, 5.74) is 0.165. The van der Waals surface area contributed by atoms with Crippen molar-refractivity contribution in [2.75, 3.05) is 0 Å². The van der Waals surface area contributed by atoms with Gasteiger partial charge < -0.3 is 14.7 Å². The van der Waals surface area contributed by atoms with E-state index in [-0.39, 0.29) is 11.2 Å². The van der Waals surface area contributed by atoms with Gasteiger partial charge in [0, 0.05) is 6.21 Å². The smallest absolute Gasteiger partial charge is 0.399 e. The first-order valence-electron chi connectivity index (χ1n) is 5.90. The predicted octanol–water partition coefficient (Wildman–Crippen LogP) is 2.99. The third-order valence-electron chi connectivity index (χ3n) is 3.36. The Kier molecular flexibility index (Phi) is 3.97. The van der Waals surface area contributed by atoms with Crippen molar-refractivity contribution in [3.05, 3.63) is 11.5 Å². The van der Waals surface area contributed by atoms with Gasteiger partial charge in [-0.2, -0.15) is 0 Å². The van der Waals surface area contributed by atoms with Crippen LogP contribution in [0.2, 0.25) is 0 Å². The van der Waals surface area contributed by atoms with Gasteiger partial charge in [0.05, 0.1) is 11.2 Å². The summed E-state index contributed by atoms with van der Waals surface area (Å²) in [6.45, 7) is 10.2. The van der Waals surface area contributed by atoms with E-state index in [0.717, 1.165) is 18.3 Å². The molecule has 0 spiro atoms. The van der Waals surface area contributed by atoms with Crippen LogP contribution in [0.25, 0.3) is 0 Å². The molecule has 0 bridgehead atoms. The second-order valence-corrected chi connectivity index (χ2v) is 5.23. The largest absolute Gasteiger partial charge is 0.496 e. The fourth-order valence-electron chi connectivity index (χ4n) is 1.51. The molecule has 0 aliphatic carbocycles. The molecule has 0 amide bonds. The minimum Gasteiger partial charge on any atom is -0.399 e. The van der Waals surface area contributed by atoms with Crippen molar-refractivity contribution < 1.29 is 9.31 Å². The lowest BCUT2D eigenvalue weighted by Crippen LogP contribution is -2.41. The first-order chi connectivity index (χ1) is 7.34. The van der Waals surface area contributed by atoms with Crippen LogP contribution in [0.1, 0.15) is 47.5 Å². The van der Waals surface area contributed by atoms with Gasteiger partial charge in [-0.3, -0.25) is 0 Å². The van der Waals surface area contributed by atoms with Crippen molar-refractivity contribution in [1.29, 1.82) is 5.41 Å². The molecule has 0 aromatic carbocycles. The van der Waals surface area contributed by atoms with Crippen molar-refractivity contribution in [1.82, 2.24) is 0 Å². The average molecular weight is 223 g/mol. The fourth-order valence-corrected chi connectivity index (χ4v) is 1.51. The highest BCUT2D eigenvalue weighted by Gasteiger charge is 2.51. The van der Waals surface area contributed by atoms with Crippen LogP contribution >= 0.6 is 0 Å². The number of rotatable bonds is 4. The molecule has 1 heterocycles. The summed E-state index contributed by atoms with van der Waals surface area (Å²) in [4.78, 5) is 0. The Bertz CT molecular complexity index is 281. The quantitative estimate of drug-likeness (QED) is 0.588. The molecule has 3 nitrogen and oxygen atoms in total. The summed E-state index contributed by atoms with van der Waals surface area (Å²) >= 11 is 0. The van der Waals surface area contributed by atoms with E-state index in [1.165, 1.54) is 6.21 Å². The Hall–Kier alpha value is -0.605. The van der Waals surface area contributed by atoms with E-state index in [1.807, 2.05) is 33.8 Å². The van der Waals surface area contributed by atoms with Crippen LogP contribution < -0.4 is 0 Å². The summed E-state index contributed by atoms with van der Waals surface area (Å²) in [6.07, 6.45) is 5.37. The lowest BCUT2D eigenvalue weighted by Gasteiger charge is -2.32. The Morgan fingerprint density at radius 1 is 1.19 bits per heavy atom. The molecule has 1 N–H and O–H groups in total. The third-order valence-corrected chi connectivity index (χ3v) is 3.36. The lowest BCUT2D eigenvalue weighted by atomic mass is 9.78. The number of unbranched alkanes of at least 4 members (excludes halogenated alkanes) is 1. The van der Waals surface area contributed by atoms with Crippen LogP contribution in [0.4, 0.5) is 0 Å². The summed E-state index contributed by atoms with van der Waals surface area (Å²) in [7, 11) is -0.394. The van der Waals surface area contributed by atoms with Gasteiger partial charge in [0.15, 0.2) is 0 Å². The molecule has 1 aliphatic heterocycles. The molecule has 90 valence electrons. The van der Waals surface area contributed by atoms with Gasteiger partial charge >= 0.3 is 7.12 Å². The maximum absolute atomic E-state index is 7.41. The number of hydrogen-bond donors (Lipinski definition) is 1. The van der Waals surface area contributed by atoms with Gasteiger partial charge in [0.2, 0.25) is 0 Å². The molecule has 1 saturated heterocycles. The molecule has 1 aliphatic rings. The van der Waals surface area contributed by atoms with Crippen molar-refractivity contribution in [2.24, 2.45) is 0 Å². The van der Waals surface area contributed by atoms with Crippen molar-refractivity contribution >= 4 is 13.3 Å². The molecular formula is C12H22BNO2. The first-order valence-corrected chi connectivity index (χ1v) is 5.90. The summed E-state index contributed by atoms with van der Waals surface area (Å²) in [6, 6.07) is 0. The molecule has 0 aromatic rings. The minimum atomic E-state index is -0.394. The normalized spacial score (nSPS) is 23.6. The summed E-state index contributed by atoms with van der Waals surface area (Å²) in [5.74, 6) is 0. The predicted molar refractivity (Wildman–Crippen MR) is 67.9 cm³/mol. The van der Waals surface area contributed by atoms with Gasteiger partial charge in [0.1, 0.15) is 0 Å². The first kappa shape index (κ1) is 13.5. The molecular weight excluding hydrogens is 201 g/mol. The highest BCUT2D eigenvalue weighted by molar-refractivity contribution is 6.60. The van der Waals surface area contributed by atoms with Gasteiger partial charge in [-0.05, 0) is 39.6 Å². The highest BCUT2D eigenvalue weighted by atomic mass is 16.7. The third kappa shape index (κ3) is 2.55.